The Morgan fingerprint density at radius 3 is 2.81 bits per heavy atom. The van der Waals surface area contributed by atoms with Crippen molar-refractivity contribution in [3.63, 3.8) is 0 Å². The van der Waals surface area contributed by atoms with E-state index >= 15 is 0 Å². The third-order valence-corrected chi connectivity index (χ3v) is 3.00. The summed E-state index contributed by atoms with van der Waals surface area (Å²) in [6.07, 6.45) is 7.05. The van der Waals surface area contributed by atoms with Crippen molar-refractivity contribution < 1.29 is 4.74 Å². The Balaban J connectivity index is 1.93. The van der Waals surface area contributed by atoms with Gasteiger partial charge >= 0.3 is 0 Å². The number of aryl methyl sites for hydroxylation is 1. The summed E-state index contributed by atoms with van der Waals surface area (Å²) in [6.45, 7) is 2.04. The molecule has 0 spiro atoms. The van der Waals surface area contributed by atoms with Crippen LogP contribution in [0, 0.1) is 0 Å². The molecule has 1 aromatic heterocycles. The molecular weight excluding hydrogens is 202 g/mol. The number of aromatic nitrogens is 2. The molecule has 1 saturated carbocycles. The number of rotatable bonds is 3. The molecule has 16 heavy (non-hydrogen) atoms. The summed E-state index contributed by atoms with van der Waals surface area (Å²) in [4.78, 5) is 8.49. The fraction of sp³-hybridized carbons (Fsp3) is 0.667. The van der Waals surface area contributed by atoms with E-state index in [1.165, 1.54) is 0 Å². The number of nitrogens with zero attached hydrogens (tertiary/aromatic N) is 2. The highest BCUT2D eigenvalue weighted by Crippen LogP contribution is 2.21. The van der Waals surface area contributed by atoms with Gasteiger partial charge in [-0.05, 0) is 25.7 Å². The number of hydrogen-bond acceptors (Lipinski definition) is 4. The molecule has 4 nitrogen and oxygen atoms in total. The van der Waals surface area contributed by atoms with Gasteiger partial charge in [-0.3, -0.25) is 0 Å². The quantitative estimate of drug-likeness (QED) is 0.843. The molecule has 88 valence electrons. The Hall–Kier alpha value is -1.16. The van der Waals surface area contributed by atoms with Crippen LogP contribution >= 0.6 is 0 Å². The summed E-state index contributed by atoms with van der Waals surface area (Å²) in [5.41, 5.74) is 5.85. The molecule has 0 aliphatic heterocycles. The van der Waals surface area contributed by atoms with E-state index in [-0.39, 0.29) is 6.10 Å². The molecule has 1 aliphatic carbocycles. The first kappa shape index (κ1) is 11.3. The lowest BCUT2D eigenvalue weighted by molar-refractivity contribution is 0.140. The van der Waals surface area contributed by atoms with Crippen molar-refractivity contribution in [2.75, 3.05) is 0 Å². The average molecular weight is 221 g/mol. The summed E-state index contributed by atoms with van der Waals surface area (Å²) in [5, 5.41) is 0. The van der Waals surface area contributed by atoms with Crippen molar-refractivity contribution >= 4 is 0 Å². The normalized spacial score (nSPS) is 25.4. The van der Waals surface area contributed by atoms with Gasteiger partial charge in [-0.1, -0.05) is 6.92 Å². The second-order valence-electron chi connectivity index (χ2n) is 4.32. The second-order valence-corrected chi connectivity index (χ2v) is 4.32. The maximum absolute atomic E-state index is 5.85. The zero-order chi connectivity index (χ0) is 11.4. The van der Waals surface area contributed by atoms with E-state index in [0.29, 0.717) is 11.9 Å². The minimum absolute atomic E-state index is 0.277. The van der Waals surface area contributed by atoms with Crippen LogP contribution in [-0.2, 0) is 6.42 Å². The minimum Gasteiger partial charge on any atom is -0.474 e. The maximum Gasteiger partial charge on any atom is 0.216 e. The van der Waals surface area contributed by atoms with E-state index in [4.69, 9.17) is 10.5 Å². The van der Waals surface area contributed by atoms with E-state index in [1.54, 1.807) is 6.20 Å². The van der Waals surface area contributed by atoms with Crippen molar-refractivity contribution in [2.24, 2.45) is 5.73 Å². The first-order valence-corrected chi connectivity index (χ1v) is 6.02. The molecule has 1 heterocycles. The molecule has 0 atom stereocenters. The van der Waals surface area contributed by atoms with Crippen molar-refractivity contribution in [1.82, 2.24) is 9.97 Å². The van der Waals surface area contributed by atoms with Crippen LogP contribution in [0.3, 0.4) is 0 Å². The molecule has 0 saturated heterocycles. The Bertz CT molecular complexity index is 335. The van der Waals surface area contributed by atoms with Crippen LogP contribution in [0.15, 0.2) is 12.3 Å². The van der Waals surface area contributed by atoms with Gasteiger partial charge in [-0.2, -0.15) is 4.98 Å². The minimum atomic E-state index is 0.277. The third-order valence-electron chi connectivity index (χ3n) is 3.00. The highest BCUT2D eigenvalue weighted by atomic mass is 16.5. The lowest BCUT2D eigenvalue weighted by Crippen LogP contribution is -2.31. The maximum atomic E-state index is 5.85. The van der Waals surface area contributed by atoms with E-state index in [2.05, 4.69) is 9.97 Å². The fourth-order valence-electron chi connectivity index (χ4n) is 1.99. The van der Waals surface area contributed by atoms with Crippen molar-refractivity contribution in [3.8, 4) is 5.88 Å². The van der Waals surface area contributed by atoms with Crippen molar-refractivity contribution in [1.29, 1.82) is 0 Å². The van der Waals surface area contributed by atoms with Crippen molar-refractivity contribution in [2.45, 2.75) is 51.2 Å². The van der Waals surface area contributed by atoms with Crippen LogP contribution in [0.1, 0.15) is 38.4 Å². The molecule has 2 rings (SSSR count). The molecular formula is C12H19N3O. The summed E-state index contributed by atoms with van der Waals surface area (Å²) < 4.78 is 5.84. The zero-order valence-corrected chi connectivity index (χ0v) is 9.72. The summed E-state index contributed by atoms with van der Waals surface area (Å²) in [6, 6.07) is 2.18. The first-order chi connectivity index (χ1) is 7.78. The van der Waals surface area contributed by atoms with Gasteiger partial charge in [0, 0.05) is 24.7 Å². The van der Waals surface area contributed by atoms with Crippen LogP contribution in [-0.4, -0.2) is 22.1 Å². The lowest BCUT2D eigenvalue weighted by Gasteiger charge is -2.26. The average Bonchev–Trinajstić information content (AvgIpc) is 2.32. The molecule has 0 radical (unpaired) electrons. The number of ether oxygens (including phenoxy) is 1. The van der Waals surface area contributed by atoms with Gasteiger partial charge in [0.2, 0.25) is 5.88 Å². The van der Waals surface area contributed by atoms with E-state index in [1.807, 2.05) is 13.0 Å². The summed E-state index contributed by atoms with van der Waals surface area (Å²) in [7, 11) is 0. The number of hydrogen-bond donors (Lipinski definition) is 1. The van der Waals surface area contributed by atoms with Gasteiger partial charge in [0.25, 0.3) is 0 Å². The van der Waals surface area contributed by atoms with Crippen LogP contribution in [0.2, 0.25) is 0 Å². The van der Waals surface area contributed by atoms with Gasteiger partial charge < -0.3 is 10.5 Å². The topological polar surface area (TPSA) is 61.0 Å². The molecule has 0 amide bonds. The number of nitrogens with two attached hydrogens (primary N) is 1. The SMILES string of the molecule is CCc1nccc(OC2CCC(N)CC2)n1. The molecule has 4 heteroatoms. The van der Waals surface area contributed by atoms with Crippen LogP contribution in [0.5, 0.6) is 5.88 Å². The highest BCUT2D eigenvalue weighted by molar-refractivity contribution is 5.09. The van der Waals surface area contributed by atoms with E-state index in [9.17, 15) is 0 Å². The highest BCUT2D eigenvalue weighted by Gasteiger charge is 2.20. The fourth-order valence-corrected chi connectivity index (χ4v) is 1.99. The van der Waals surface area contributed by atoms with E-state index in [0.717, 1.165) is 37.9 Å². The largest absolute Gasteiger partial charge is 0.474 e. The molecule has 1 fully saturated rings. The Labute approximate surface area is 96.2 Å². The molecule has 2 N–H and O–H groups in total. The van der Waals surface area contributed by atoms with Gasteiger partial charge in [0.1, 0.15) is 11.9 Å². The van der Waals surface area contributed by atoms with Crippen molar-refractivity contribution in [3.05, 3.63) is 18.1 Å². The monoisotopic (exact) mass is 221 g/mol. The predicted octanol–water partition coefficient (Wildman–Crippen LogP) is 1.69. The van der Waals surface area contributed by atoms with Crippen LogP contribution in [0.4, 0.5) is 0 Å². The zero-order valence-electron chi connectivity index (χ0n) is 9.72. The summed E-state index contributed by atoms with van der Waals surface area (Å²) >= 11 is 0. The molecule has 1 aromatic rings. The lowest BCUT2D eigenvalue weighted by atomic mass is 9.94. The van der Waals surface area contributed by atoms with Gasteiger partial charge in [0.15, 0.2) is 0 Å². The molecule has 0 unspecified atom stereocenters. The second kappa shape index (κ2) is 5.25. The molecule has 1 aliphatic rings. The van der Waals surface area contributed by atoms with Gasteiger partial charge in [0.05, 0.1) is 0 Å². The summed E-state index contributed by atoms with van der Waals surface area (Å²) in [5.74, 6) is 1.54. The first-order valence-electron chi connectivity index (χ1n) is 6.02. The predicted molar refractivity (Wildman–Crippen MR) is 62.3 cm³/mol. The Morgan fingerprint density at radius 2 is 2.12 bits per heavy atom. The van der Waals surface area contributed by atoms with Crippen LogP contribution < -0.4 is 10.5 Å². The molecule has 0 bridgehead atoms. The van der Waals surface area contributed by atoms with Gasteiger partial charge in [-0.15, -0.1) is 0 Å². The van der Waals surface area contributed by atoms with E-state index < -0.39 is 0 Å². The smallest absolute Gasteiger partial charge is 0.216 e. The Morgan fingerprint density at radius 1 is 1.38 bits per heavy atom. The standard InChI is InChI=1S/C12H19N3O/c1-2-11-14-8-7-12(15-11)16-10-5-3-9(13)4-6-10/h7-10H,2-6,13H2,1H3. The Kier molecular flexibility index (Phi) is 3.72. The van der Waals surface area contributed by atoms with Gasteiger partial charge in [-0.25, -0.2) is 4.98 Å². The van der Waals surface area contributed by atoms with Crippen LogP contribution in [0.25, 0.3) is 0 Å². The molecule has 0 aromatic carbocycles. The third kappa shape index (κ3) is 2.92.